The van der Waals surface area contributed by atoms with E-state index in [1.54, 1.807) is 0 Å². The maximum Gasteiger partial charge on any atom is 0.160 e. The first-order valence-electron chi connectivity index (χ1n) is 19.6. The molecule has 0 amide bonds. The largest absolute Gasteiger partial charge is 0.228 e. The Kier molecular flexibility index (Phi) is 7.75. The molecule has 2 heteroatoms. The summed E-state index contributed by atoms with van der Waals surface area (Å²) in [4.78, 5) is 10.6. The molecule has 0 bridgehead atoms. The van der Waals surface area contributed by atoms with Gasteiger partial charge >= 0.3 is 0 Å². The van der Waals surface area contributed by atoms with Crippen molar-refractivity contribution in [2.24, 2.45) is 0 Å². The molecule has 9 aromatic carbocycles. The van der Waals surface area contributed by atoms with Crippen molar-refractivity contribution in [1.29, 1.82) is 0 Å². The minimum atomic E-state index is -0.501. The van der Waals surface area contributed by atoms with Crippen molar-refractivity contribution < 1.29 is 0 Å². The molecule has 0 fully saturated rings. The topological polar surface area (TPSA) is 25.8 Å². The van der Waals surface area contributed by atoms with Crippen LogP contribution in [0.2, 0.25) is 0 Å². The van der Waals surface area contributed by atoms with Gasteiger partial charge in [0.1, 0.15) is 0 Å². The molecule has 0 aliphatic heterocycles. The van der Waals surface area contributed by atoms with Crippen LogP contribution in [0, 0.1) is 0 Å². The first-order chi connectivity index (χ1) is 28.2. The molecule has 10 aromatic rings. The molecule has 0 atom stereocenters. The van der Waals surface area contributed by atoms with Gasteiger partial charge in [-0.15, -0.1) is 0 Å². The van der Waals surface area contributed by atoms with Gasteiger partial charge in [-0.1, -0.05) is 200 Å². The Morgan fingerprint density at radius 2 is 0.825 bits per heavy atom. The zero-order chi connectivity index (χ0) is 37.8. The Morgan fingerprint density at radius 1 is 0.298 bits per heavy atom. The number of benzene rings is 9. The number of aromatic nitrogens is 2. The van der Waals surface area contributed by atoms with Crippen LogP contribution in [0.25, 0.3) is 77.7 Å². The lowest BCUT2D eigenvalue weighted by atomic mass is 9.67. The Morgan fingerprint density at radius 3 is 1.58 bits per heavy atom. The van der Waals surface area contributed by atoms with Crippen molar-refractivity contribution in [3.63, 3.8) is 0 Å². The van der Waals surface area contributed by atoms with Crippen LogP contribution in [0.3, 0.4) is 0 Å². The van der Waals surface area contributed by atoms with Crippen LogP contribution in [0.1, 0.15) is 22.3 Å². The summed E-state index contributed by atoms with van der Waals surface area (Å²) in [5, 5.41) is 4.86. The number of rotatable bonds is 6. The third-order valence-electron chi connectivity index (χ3n) is 11.8. The fourth-order valence-electron chi connectivity index (χ4n) is 9.12. The van der Waals surface area contributed by atoms with E-state index in [0.717, 1.165) is 33.6 Å². The van der Waals surface area contributed by atoms with Gasteiger partial charge in [-0.3, -0.25) is 0 Å². The molecule has 266 valence electrons. The Labute approximate surface area is 332 Å². The number of hydrogen-bond donors (Lipinski definition) is 0. The minimum Gasteiger partial charge on any atom is -0.228 e. The molecule has 0 unspecified atom stereocenters. The summed E-state index contributed by atoms with van der Waals surface area (Å²) < 4.78 is 0. The smallest absolute Gasteiger partial charge is 0.160 e. The van der Waals surface area contributed by atoms with Gasteiger partial charge in [0.25, 0.3) is 0 Å². The molecule has 11 rings (SSSR count). The highest BCUT2D eigenvalue weighted by Gasteiger charge is 2.45. The highest BCUT2D eigenvalue weighted by Crippen LogP contribution is 2.56. The summed E-state index contributed by atoms with van der Waals surface area (Å²) in [6, 6.07) is 78.8. The second-order valence-corrected chi connectivity index (χ2v) is 14.9. The monoisotopic (exact) mass is 724 g/mol. The Hall–Kier alpha value is -7.42. The summed E-state index contributed by atoms with van der Waals surface area (Å²) in [6.45, 7) is 0. The lowest BCUT2D eigenvalue weighted by Gasteiger charge is -2.34. The zero-order valence-electron chi connectivity index (χ0n) is 31.2. The highest BCUT2D eigenvalue weighted by atomic mass is 14.9. The molecule has 0 radical (unpaired) electrons. The van der Waals surface area contributed by atoms with Gasteiger partial charge in [0.2, 0.25) is 0 Å². The lowest BCUT2D eigenvalue weighted by molar-refractivity contribution is 0.768. The molecule has 57 heavy (non-hydrogen) atoms. The van der Waals surface area contributed by atoms with Crippen molar-refractivity contribution >= 4 is 21.5 Å². The average Bonchev–Trinajstić information content (AvgIpc) is 3.60. The second kappa shape index (κ2) is 13.4. The zero-order valence-corrected chi connectivity index (χ0v) is 31.2. The van der Waals surface area contributed by atoms with Crippen molar-refractivity contribution in [3.05, 3.63) is 241 Å². The van der Waals surface area contributed by atoms with E-state index in [-0.39, 0.29) is 0 Å². The first-order valence-corrected chi connectivity index (χ1v) is 19.6. The molecular weight excluding hydrogens is 689 g/mol. The second-order valence-electron chi connectivity index (χ2n) is 14.9. The summed E-state index contributed by atoms with van der Waals surface area (Å²) >= 11 is 0. The van der Waals surface area contributed by atoms with E-state index in [1.807, 2.05) is 0 Å². The molecule has 1 aliphatic carbocycles. The predicted molar refractivity (Wildman–Crippen MR) is 236 cm³/mol. The van der Waals surface area contributed by atoms with Crippen LogP contribution in [0.5, 0.6) is 0 Å². The molecule has 0 saturated heterocycles. The van der Waals surface area contributed by atoms with Gasteiger partial charge in [0, 0.05) is 16.7 Å². The molecular formula is C55H36N2. The third-order valence-corrected chi connectivity index (χ3v) is 11.8. The highest BCUT2D eigenvalue weighted by molar-refractivity contribution is 5.97. The summed E-state index contributed by atoms with van der Waals surface area (Å²) in [7, 11) is 0. The Bertz CT molecular complexity index is 3070. The van der Waals surface area contributed by atoms with Gasteiger partial charge in [0.05, 0.1) is 16.8 Å². The van der Waals surface area contributed by atoms with Crippen molar-refractivity contribution in [3.8, 4) is 56.2 Å². The summed E-state index contributed by atoms with van der Waals surface area (Å²) in [6.07, 6.45) is 0. The fourth-order valence-corrected chi connectivity index (χ4v) is 9.12. The molecule has 0 N–H and O–H groups in total. The van der Waals surface area contributed by atoms with Crippen molar-refractivity contribution in [2.45, 2.75) is 5.41 Å². The van der Waals surface area contributed by atoms with E-state index < -0.39 is 5.41 Å². The Balaban J connectivity index is 1.10. The van der Waals surface area contributed by atoms with Crippen LogP contribution < -0.4 is 0 Å². The lowest BCUT2D eigenvalue weighted by Crippen LogP contribution is -2.28. The van der Waals surface area contributed by atoms with Crippen LogP contribution in [-0.4, -0.2) is 9.97 Å². The van der Waals surface area contributed by atoms with Crippen LogP contribution in [0.4, 0.5) is 0 Å². The average molecular weight is 725 g/mol. The van der Waals surface area contributed by atoms with E-state index in [2.05, 4.69) is 218 Å². The van der Waals surface area contributed by atoms with Gasteiger partial charge in [-0.05, 0) is 84.3 Å². The van der Waals surface area contributed by atoms with E-state index in [1.165, 1.54) is 60.5 Å². The van der Waals surface area contributed by atoms with E-state index in [4.69, 9.17) is 9.97 Å². The van der Waals surface area contributed by atoms with Crippen LogP contribution in [0.15, 0.2) is 218 Å². The SMILES string of the molecule is c1ccc(C2(c3cccc(-c4cc(-c5ccc6ccccc6c5)nc(-c5ccc(-c6cccc7ccccc67)cc5)n4)c3)c3ccccc3-c3ccccc32)cc1. The van der Waals surface area contributed by atoms with E-state index in [9.17, 15) is 0 Å². The van der Waals surface area contributed by atoms with Gasteiger partial charge < -0.3 is 0 Å². The van der Waals surface area contributed by atoms with Gasteiger partial charge in [-0.2, -0.15) is 0 Å². The van der Waals surface area contributed by atoms with Gasteiger partial charge in [0.15, 0.2) is 5.82 Å². The summed E-state index contributed by atoms with van der Waals surface area (Å²) in [5.41, 5.74) is 14.3. The predicted octanol–water partition coefficient (Wildman–Crippen LogP) is 13.8. The van der Waals surface area contributed by atoms with Crippen LogP contribution >= 0.6 is 0 Å². The molecule has 1 aromatic heterocycles. The van der Waals surface area contributed by atoms with E-state index in [0.29, 0.717) is 5.82 Å². The maximum absolute atomic E-state index is 5.35. The number of hydrogen-bond acceptors (Lipinski definition) is 2. The number of nitrogens with zero attached hydrogens (tertiary/aromatic N) is 2. The number of fused-ring (bicyclic) bond motifs is 5. The molecule has 1 aliphatic rings. The van der Waals surface area contributed by atoms with E-state index >= 15 is 0 Å². The quantitative estimate of drug-likeness (QED) is 0.171. The normalized spacial score (nSPS) is 12.7. The summed E-state index contributed by atoms with van der Waals surface area (Å²) in [5.74, 6) is 0.694. The first kappa shape index (κ1) is 33.0. The third kappa shape index (κ3) is 5.41. The van der Waals surface area contributed by atoms with Gasteiger partial charge in [-0.25, -0.2) is 9.97 Å². The standard InChI is InChI=1S/C55H36N2/c1-2-19-44(20-3-1)55(50-26-10-8-23-48(50)49-24-9-11-27-51(49)55)45-21-12-18-42(35-45)52-36-53(43-33-28-37-14-4-5-16-41(37)34-43)57-54(56-52)40-31-29-39(30-32-40)47-25-13-17-38-15-6-7-22-46(38)47/h1-36H. The molecule has 0 spiro atoms. The van der Waals surface area contributed by atoms with Crippen molar-refractivity contribution in [2.75, 3.05) is 0 Å². The molecule has 0 saturated carbocycles. The molecule has 2 nitrogen and oxygen atoms in total. The minimum absolute atomic E-state index is 0.501. The molecule has 1 heterocycles. The fraction of sp³-hybridized carbons (Fsp3) is 0.0182. The van der Waals surface area contributed by atoms with Crippen molar-refractivity contribution in [1.82, 2.24) is 9.97 Å². The van der Waals surface area contributed by atoms with Crippen LogP contribution in [-0.2, 0) is 5.41 Å². The maximum atomic E-state index is 5.35.